The molecule has 7 nitrogen and oxygen atoms in total. The van der Waals surface area contributed by atoms with Crippen molar-refractivity contribution in [2.24, 2.45) is 0 Å². The van der Waals surface area contributed by atoms with E-state index in [1.807, 2.05) is 19.9 Å². The summed E-state index contributed by atoms with van der Waals surface area (Å²) < 4.78 is 4.87. The lowest BCUT2D eigenvalue weighted by Crippen LogP contribution is -2.46. The Bertz CT molecular complexity index is 531. The summed E-state index contributed by atoms with van der Waals surface area (Å²) in [7, 11) is 0. The zero-order valence-corrected chi connectivity index (χ0v) is 13.7. The van der Waals surface area contributed by atoms with Crippen LogP contribution in [0.1, 0.15) is 20.8 Å². The summed E-state index contributed by atoms with van der Waals surface area (Å²) in [5.74, 6) is -0.890. The lowest BCUT2D eigenvalue weighted by molar-refractivity contribution is -0.145. The normalized spacial score (nSPS) is 10.5. The van der Waals surface area contributed by atoms with E-state index in [9.17, 15) is 14.4 Å². The molecule has 2 N–H and O–H groups in total. The Morgan fingerprint density at radius 1 is 1.13 bits per heavy atom. The summed E-state index contributed by atoms with van der Waals surface area (Å²) in [4.78, 5) is 36.8. The minimum absolute atomic E-state index is 0.000763. The van der Waals surface area contributed by atoms with Crippen molar-refractivity contribution in [1.82, 2.24) is 10.2 Å². The summed E-state index contributed by atoms with van der Waals surface area (Å²) in [6, 6.07) is 8.15. The summed E-state index contributed by atoms with van der Waals surface area (Å²) >= 11 is 0. The molecule has 0 unspecified atom stereocenters. The highest BCUT2D eigenvalue weighted by atomic mass is 16.5. The van der Waals surface area contributed by atoms with Gasteiger partial charge < -0.3 is 10.1 Å². The molecule has 0 spiro atoms. The molecular formula is C16H23N3O4. The summed E-state index contributed by atoms with van der Waals surface area (Å²) in [6.07, 6.45) is 0. The van der Waals surface area contributed by atoms with Crippen LogP contribution in [0.3, 0.4) is 0 Å². The first kappa shape index (κ1) is 18.6. The molecule has 0 atom stereocenters. The Balaban J connectivity index is 2.48. The Hall–Kier alpha value is -2.41. The number of nitrogens with zero attached hydrogens (tertiary/aromatic N) is 1. The predicted molar refractivity (Wildman–Crippen MR) is 86.9 cm³/mol. The predicted octanol–water partition coefficient (Wildman–Crippen LogP) is 1.61. The summed E-state index contributed by atoms with van der Waals surface area (Å²) in [5.41, 5.74) is 0.588. The van der Waals surface area contributed by atoms with Gasteiger partial charge in [-0.1, -0.05) is 18.2 Å². The number of imide groups is 1. The topological polar surface area (TPSA) is 87.7 Å². The molecule has 0 saturated heterocycles. The maximum atomic E-state index is 11.9. The average Bonchev–Trinajstić information content (AvgIpc) is 2.47. The fourth-order valence-electron chi connectivity index (χ4n) is 1.83. The van der Waals surface area contributed by atoms with Gasteiger partial charge >= 0.3 is 12.0 Å². The van der Waals surface area contributed by atoms with E-state index < -0.39 is 17.9 Å². The van der Waals surface area contributed by atoms with E-state index in [1.165, 1.54) is 0 Å². The smallest absolute Gasteiger partial charge is 0.325 e. The van der Waals surface area contributed by atoms with Crippen LogP contribution >= 0.6 is 0 Å². The van der Waals surface area contributed by atoms with Crippen LogP contribution in [0.4, 0.5) is 10.5 Å². The van der Waals surface area contributed by atoms with Crippen molar-refractivity contribution in [3.8, 4) is 0 Å². The van der Waals surface area contributed by atoms with E-state index >= 15 is 0 Å². The van der Waals surface area contributed by atoms with Gasteiger partial charge in [0.2, 0.25) is 5.91 Å². The van der Waals surface area contributed by atoms with E-state index in [1.54, 1.807) is 36.1 Å². The number of benzene rings is 1. The van der Waals surface area contributed by atoms with Crippen LogP contribution < -0.4 is 10.6 Å². The Morgan fingerprint density at radius 2 is 1.78 bits per heavy atom. The number of rotatable bonds is 7. The second-order valence-corrected chi connectivity index (χ2v) is 5.17. The van der Waals surface area contributed by atoms with E-state index in [0.29, 0.717) is 5.69 Å². The molecule has 1 rings (SSSR count). The van der Waals surface area contributed by atoms with Crippen molar-refractivity contribution in [2.45, 2.75) is 26.8 Å². The fraction of sp³-hybridized carbons (Fsp3) is 0.438. The second kappa shape index (κ2) is 9.58. The van der Waals surface area contributed by atoms with Gasteiger partial charge in [0.15, 0.2) is 0 Å². The molecule has 1 aromatic carbocycles. The number of nitrogens with one attached hydrogen (secondary N) is 2. The van der Waals surface area contributed by atoms with Crippen LogP contribution in [-0.2, 0) is 14.3 Å². The first-order valence-corrected chi connectivity index (χ1v) is 7.48. The average molecular weight is 321 g/mol. The van der Waals surface area contributed by atoms with Crippen LogP contribution in [0.15, 0.2) is 30.3 Å². The molecule has 1 aromatic rings. The number of anilines is 1. The van der Waals surface area contributed by atoms with Gasteiger partial charge in [0.05, 0.1) is 19.7 Å². The first-order valence-electron chi connectivity index (χ1n) is 7.48. The Morgan fingerprint density at radius 3 is 2.35 bits per heavy atom. The molecule has 126 valence electrons. The molecule has 0 saturated carbocycles. The first-order chi connectivity index (χ1) is 10.9. The lowest BCUT2D eigenvalue weighted by atomic mass is 10.3. The molecule has 0 aliphatic carbocycles. The minimum atomic E-state index is -0.610. The van der Waals surface area contributed by atoms with Crippen LogP contribution in [0.2, 0.25) is 0 Å². The van der Waals surface area contributed by atoms with Gasteiger partial charge in [-0.2, -0.15) is 0 Å². The fourth-order valence-corrected chi connectivity index (χ4v) is 1.83. The third-order valence-electron chi connectivity index (χ3n) is 3.00. The van der Waals surface area contributed by atoms with Crippen LogP contribution in [0.5, 0.6) is 0 Å². The van der Waals surface area contributed by atoms with Crippen molar-refractivity contribution in [2.75, 3.05) is 25.0 Å². The quantitative estimate of drug-likeness (QED) is 0.745. The number of carbonyl (C=O) groups excluding carboxylic acids is 3. The SMILES string of the molecule is CCOC(=O)CN(CC(=O)NC(=O)Nc1ccccc1)C(C)C. The number of hydrogen-bond donors (Lipinski definition) is 2. The molecule has 3 amide bonds. The van der Waals surface area contributed by atoms with Gasteiger partial charge in [0, 0.05) is 11.7 Å². The zero-order chi connectivity index (χ0) is 17.2. The standard InChI is InChI=1S/C16H23N3O4/c1-4-23-15(21)11-19(12(2)3)10-14(20)18-16(22)17-13-8-6-5-7-9-13/h5-9,12H,4,10-11H2,1-3H3,(H2,17,18,20,22). The second-order valence-electron chi connectivity index (χ2n) is 5.17. The maximum Gasteiger partial charge on any atom is 0.325 e. The molecule has 7 heteroatoms. The minimum Gasteiger partial charge on any atom is -0.465 e. The van der Waals surface area contributed by atoms with Gasteiger partial charge in [-0.05, 0) is 32.9 Å². The number of amides is 3. The molecule has 23 heavy (non-hydrogen) atoms. The highest BCUT2D eigenvalue weighted by Crippen LogP contribution is 2.04. The zero-order valence-electron chi connectivity index (χ0n) is 13.7. The molecule has 0 aromatic heterocycles. The van der Waals surface area contributed by atoms with Gasteiger partial charge in [-0.3, -0.25) is 19.8 Å². The van der Waals surface area contributed by atoms with Gasteiger partial charge in [-0.15, -0.1) is 0 Å². The molecule has 0 aliphatic heterocycles. The number of para-hydroxylation sites is 1. The molecule has 0 radical (unpaired) electrons. The van der Waals surface area contributed by atoms with Crippen molar-refractivity contribution in [1.29, 1.82) is 0 Å². The monoisotopic (exact) mass is 321 g/mol. The Kier molecular flexibility index (Phi) is 7.76. The number of hydrogen-bond acceptors (Lipinski definition) is 5. The van der Waals surface area contributed by atoms with Crippen molar-refractivity contribution in [3.63, 3.8) is 0 Å². The summed E-state index contributed by atoms with van der Waals surface area (Å²) in [6.45, 7) is 5.65. The highest BCUT2D eigenvalue weighted by Gasteiger charge is 2.19. The van der Waals surface area contributed by atoms with Gasteiger partial charge in [-0.25, -0.2) is 4.79 Å². The van der Waals surface area contributed by atoms with E-state index in [2.05, 4.69) is 10.6 Å². The number of esters is 1. The molecule has 0 aliphatic rings. The number of urea groups is 1. The van der Waals surface area contributed by atoms with Crippen molar-refractivity contribution >= 4 is 23.6 Å². The van der Waals surface area contributed by atoms with Crippen LogP contribution in [0, 0.1) is 0 Å². The van der Waals surface area contributed by atoms with E-state index in [-0.39, 0.29) is 25.7 Å². The van der Waals surface area contributed by atoms with E-state index in [0.717, 1.165) is 0 Å². The molecular weight excluding hydrogens is 298 g/mol. The van der Waals surface area contributed by atoms with Crippen molar-refractivity contribution < 1.29 is 19.1 Å². The van der Waals surface area contributed by atoms with Crippen LogP contribution in [-0.4, -0.2) is 48.5 Å². The van der Waals surface area contributed by atoms with E-state index in [4.69, 9.17) is 4.74 Å². The number of carbonyl (C=O) groups is 3. The van der Waals surface area contributed by atoms with Crippen LogP contribution in [0.25, 0.3) is 0 Å². The van der Waals surface area contributed by atoms with Crippen molar-refractivity contribution in [3.05, 3.63) is 30.3 Å². The summed E-state index contributed by atoms with van der Waals surface area (Å²) in [5, 5.41) is 4.79. The third kappa shape index (κ3) is 7.42. The maximum absolute atomic E-state index is 11.9. The molecule has 0 fully saturated rings. The molecule has 0 bridgehead atoms. The lowest BCUT2D eigenvalue weighted by Gasteiger charge is -2.24. The number of ether oxygens (including phenoxy) is 1. The largest absolute Gasteiger partial charge is 0.465 e. The Labute approximate surface area is 136 Å². The van der Waals surface area contributed by atoms with Gasteiger partial charge in [0.1, 0.15) is 0 Å². The highest BCUT2D eigenvalue weighted by molar-refractivity contribution is 6.01. The molecule has 0 heterocycles. The third-order valence-corrected chi connectivity index (χ3v) is 3.00. The van der Waals surface area contributed by atoms with Gasteiger partial charge in [0.25, 0.3) is 0 Å².